The summed E-state index contributed by atoms with van der Waals surface area (Å²) >= 11 is 1.65. The second-order valence-corrected chi connectivity index (χ2v) is 6.28. The highest BCUT2D eigenvalue weighted by molar-refractivity contribution is 7.15. The Bertz CT molecular complexity index is 563. The Morgan fingerprint density at radius 1 is 1.67 bits per heavy atom. The summed E-state index contributed by atoms with van der Waals surface area (Å²) in [6.07, 6.45) is 9.39. The van der Waals surface area contributed by atoms with E-state index in [1.54, 1.807) is 11.3 Å². The molecule has 3 nitrogen and oxygen atoms in total. The third-order valence-corrected chi connectivity index (χ3v) is 4.96. The Morgan fingerprint density at radius 2 is 2.56 bits per heavy atom. The van der Waals surface area contributed by atoms with Gasteiger partial charge < -0.3 is 0 Å². The fraction of sp³-hybridized carbons (Fsp3) is 0.571. The lowest BCUT2D eigenvalue weighted by molar-refractivity contribution is 0.378. The summed E-state index contributed by atoms with van der Waals surface area (Å²) in [5.41, 5.74) is 0.908. The van der Waals surface area contributed by atoms with E-state index in [4.69, 9.17) is 0 Å². The molecule has 0 amide bonds. The molecule has 2 aromatic rings. The number of thiazole rings is 1. The lowest BCUT2D eigenvalue weighted by Crippen LogP contribution is -2.18. The number of nitrogens with zero attached hydrogens (tertiary/aromatic N) is 3. The molecule has 3 rings (SSSR count). The van der Waals surface area contributed by atoms with Crippen LogP contribution in [0.1, 0.15) is 38.3 Å². The molecule has 1 aliphatic rings. The van der Waals surface area contributed by atoms with Crippen LogP contribution >= 0.6 is 11.3 Å². The Balaban J connectivity index is 1.82. The summed E-state index contributed by atoms with van der Waals surface area (Å²) in [6, 6.07) is 2.58. The topological polar surface area (TPSA) is 41.1 Å². The van der Waals surface area contributed by atoms with E-state index in [0.717, 1.165) is 35.8 Å². The fourth-order valence-corrected chi connectivity index (χ4v) is 3.81. The van der Waals surface area contributed by atoms with E-state index in [2.05, 4.69) is 28.6 Å². The first-order valence-electron chi connectivity index (χ1n) is 6.57. The number of fused-ring (bicyclic) bond motifs is 1. The molecular weight excluding hydrogens is 242 g/mol. The highest BCUT2D eigenvalue weighted by Crippen LogP contribution is 2.44. The predicted molar refractivity (Wildman–Crippen MR) is 72.5 cm³/mol. The standard InChI is InChI=1S/C14H17N3S/c1-2-11-3-4-14(7-11,10-15)8-12-9-17-5-6-18-13(17)16-12/h5-6,9,11H,2-4,7-8H2,1H3. The summed E-state index contributed by atoms with van der Waals surface area (Å²) in [5, 5.41) is 11.6. The monoisotopic (exact) mass is 259 g/mol. The van der Waals surface area contributed by atoms with Crippen molar-refractivity contribution in [3.05, 3.63) is 23.5 Å². The maximum absolute atomic E-state index is 9.53. The van der Waals surface area contributed by atoms with E-state index in [9.17, 15) is 5.26 Å². The Morgan fingerprint density at radius 3 is 3.22 bits per heavy atom. The molecule has 1 fully saturated rings. The lowest BCUT2D eigenvalue weighted by atomic mass is 9.82. The molecule has 18 heavy (non-hydrogen) atoms. The van der Waals surface area contributed by atoms with Gasteiger partial charge in [-0.15, -0.1) is 11.3 Å². The predicted octanol–water partition coefficient (Wildman–Crippen LogP) is 3.66. The Kier molecular flexibility index (Phi) is 2.87. The van der Waals surface area contributed by atoms with Crippen LogP contribution in [0.3, 0.4) is 0 Å². The van der Waals surface area contributed by atoms with E-state index in [-0.39, 0.29) is 5.41 Å². The molecule has 2 atom stereocenters. The highest BCUT2D eigenvalue weighted by atomic mass is 32.1. The van der Waals surface area contributed by atoms with Crippen LogP contribution < -0.4 is 0 Å². The molecule has 0 spiro atoms. The number of hydrogen-bond donors (Lipinski definition) is 0. The molecule has 2 aromatic heterocycles. The molecule has 2 heterocycles. The van der Waals surface area contributed by atoms with E-state index < -0.39 is 0 Å². The van der Waals surface area contributed by atoms with Crippen molar-refractivity contribution in [2.45, 2.75) is 39.0 Å². The molecule has 0 aliphatic heterocycles. The van der Waals surface area contributed by atoms with Crippen molar-refractivity contribution in [2.24, 2.45) is 11.3 Å². The summed E-state index contributed by atoms with van der Waals surface area (Å²) in [7, 11) is 0. The molecule has 1 aliphatic carbocycles. The van der Waals surface area contributed by atoms with Crippen molar-refractivity contribution in [3.8, 4) is 6.07 Å². The van der Waals surface area contributed by atoms with Gasteiger partial charge in [0.25, 0.3) is 0 Å². The van der Waals surface area contributed by atoms with Gasteiger partial charge >= 0.3 is 0 Å². The molecule has 2 unspecified atom stereocenters. The van der Waals surface area contributed by atoms with Crippen LogP contribution in [0, 0.1) is 22.7 Å². The van der Waals surface area contributed by atoms with Crippen molar-refractivity contribution >= 4 is 16.3 Å². The minimum absolute atomic E-state index is 0.162. The van der Waals surface area contributed by atoms with E-state index >= 15 is 0 Å². The smallest absolute Gasteiger partial charge is 0.193 e. The van der Waals surface area contributed by atoms with Gasteiger partial charge in [-0.05, 0) is 25.2 Å². The first kappa shape index (κ1) is 11.7. The zero-order valence-corrected chi connectivity index (χ0v) is 11.4. The average molecular weight is 259 g/mol. The second-order valence-electron chi connectivity index (χ2n) is 5.41. The van der Waals surface area contributed by atoms with Gasteiger partial charge in [0.05, 0.1) is 17.2 Å². The quantitative estimate of drug-likeness (QED) is 0.844. The minimum Gasteiger partial charge on any atom is -0.297 e. The molecule has 0 N–H and O–H groups in total. The van der Waals surface area contributed by atoms with E-state index in [1.165, 1.54) is 12.8 Å². The number of rotatable bonds is 3. The summed E-state index contributed by atoms with van der Waals surface area (Å²) in [4.78, 5) is 5.64. The summed E-state index contributed by atoms with van der Waals surface area (Å²) in [6.45, 7) is 2.23. The Labute approximate surface area is 111 Å². The van der Waals surface area contributed by atoms with Crippen molar-refractivity contribution in [1.29, 1.82) is 5.26 Å². The van der Waals surface area contributed by atoms with Gasteiger partial charge in [0.2, 0.25) is 0 Å². The number of aromatic nitrogens is 2. The maximum Gasteiger partial charge on any atom is 0.193 e. The Hall–Kier alpha value is -1.34. The van der Waals surface area contributed by atoms with Gasteiger partial charge in [-0.2, -0.15) is 5.26 Å². The van der Waals surface area contributed by atoms with Crippen molar-refractivity contribution < 1.29 is 0 Å². The number of hydrogen-bond acceptors (Lipinski definition) is 3. The van der Waals surface area contributed by atoms with Crippen LogP contribution in [0.15, 0.2) is 17.8 Å². The third kappa shape index (κ3) is 1.93. The zero-order chi connectivity index (χ0) is 12.6. The maximum atomic E-state index is 9.53. The van der Waals surface area contributed by atoms with Gasteiger partial charge in [-0.1, -0.05) is 13.3 Å². The number of nitriles is 1. The molecule has 94 valence electrons. The SMILES string of the molecule is CCC1CCC(C#N)(Cc2cn3ccsc3n2)C1. The molecule has 1 saturated carbocycles. The molecular formula is C14H17N3S. The van der Waals surface area contributed by atoms with Gasteiger partial charge in [0.1, 0.15) is 0 Å². The van der Waals surface area contributed by atoms with Crippen LogP contribution in [-0.2, 0) is 6.42 Å². The van der Waals surface area contributed by atoms with Gasteiger partial charge in [-0.25, -0.2) is 4.98 Å². The fourth-order valence-electron chi connectivity index (χ4n) is 3.10. The van der Waals surface area contributed by atoms with Crippen molar-refractivity contribution in [2.75, 3.05) is 0 Å². The number of imidazole rings is 1. The largest absolute Gasteiger partial charge is 0.297 e. The highest BCUT2D eigenvalue weighted by Gasteiger charge is 2.39. The lowest BCUT2D eigenvalue weighted by Gasteiger charge is -2.19. The molecule has 0 saturated heterocycles. The van der Waals surface area contributed by atoms with Crippen LogP contribution in [0.2, 0.25) is 0 Å². The van der Waals surface area contributed by atoms with Crippen LogP contribution in [0.5, 0.6) is 0 Å². The molecule has 0 aromatic carbocycles. The van der Waals surface area contributed by atoms with Crippen LogP contribution in [0.4, 0.5) is 0 Å². The first-order chi connectivity index (χ1) is 8.74. The average Bonchev–Trinajstić information content (AvgIpc) is 3.03. The normalized spacial score (nSPS) is 27.7. The van der Waals surface area contributed by atoms with Gasteiger partial charge in [0, 0.05) is 24.2 Å². The first-order valence-corrected chi connectivity index (χ1v) is 7.45. The van der Waals surface area contributed by atoms with Gasteiger partial charge in [-0.3, -0.25) is 4.40 Å². The summed E-state index contributed by atoms with van der Waals surface area (Å²) in [5.74, 6) is 0.730. The zero-order valence-electron chi connectivity index (χ0n) is 10.6. The second kappa shape index (κ2) is 4.40. The van der Waals surface area contributed by atoms with Crippen LogP contribution in [-0.4, -0.2) is 9.38 Å². The van der Waals surface area contributed by atoms with E-state index in [1.807, 2.05) is 11.6 Å². The van der Waals surface area contributed by atoms with E-state index in [0.29, 0.717) is 0 Å². The van der Waals surface area contributed by atoms with Crippen LogP contribution in [0.25, 0.3) is 4.96 Å². The molecule has 0 bridgehead atoms. The molecule has 4 heteroatoms. The summed E-state index contributed by atoms with van der Waals surface area (Å²) < 4.78 is 2.05. The molecule has 0 radical (unpaired) electrons. The van der Waals surface area contributed by atoms with Crippen molar-refractivity contribution in [1.82, 2.24) is 9.38 Å². The minimum atomic E-state index is -0.162. The van der Waals surface area contributed by atoms with Gasteiger partial charge in [0.15, 0.2) is 4.96 Å². The third-order valence-electron chi connectivity index (χ3n) is 4.19. The van der Waals surface area contributed by atoms with Crippen molar-refractivity contribution in [3.63, 3.8) is 0 Å².